The van der Waals surface area contributed by atoms with Crippen LogP contribution in [-0.4, -0.2) is 64.4 Å². The Morgan fingerprint density at radius 1 is 1.42 bits per heavy atom. The van der Waals surface area contributed by atoms with Gasteiger partial charge in [-0.15, -0.1) is 0 Å². The van der Waals surface area contributed by atoms with Gasteiger partial charge in [0.05, 0.1) is 0 Å². The summed E-state index contributed by atoms with van der Waals surface area (Å²) in [6.07, 6.45) is 1.54. The molecule has 0 unspecified atom stereocenters. The predicted octanol–water partition coefficient (Wildman–Crippen LogP) is 0.125. The molecule has 1 N–H and O–H groups in total. The molecular formula is C13H24N2O3S. The first-order chi connectivity index (χ1) is 8.99. The summed E-state index contributed by atoms with van der Waals surface area (Å²) in [5, 5.41) is 2.99. The Hall–Kier alpha value is -0.460. The van der Waals surface area contributed by atoms with Gasteiger partial charge in [-0.25, -0.2) is 0 Å². The van der Waals surface area contributed by atoms with Gasteiger partial charge in [-0.3, -0.25) is 13.9 Å². The maximum absolute atomic E-state index is 11.9. The Morgan fingerprint density at radius 2 is 2.11 bits per heavy atom. The van der Waals surface area contributed by atoms with Gasteiger partial charge in [0.15, 0.2) is 0 Å². The molecule has 1 atom stereocenters. The topological polar surface area (TPSA) is 58.6 Å². The average Bonchev–Trinajstić information content (AvgIpc) is 2.90. The second-order valence-corrected chi connectivity index (χ2v) is 7.56. The number of hydrogen-bond donors (Lipinski definition) is 1. The first kappa shape index (κ1) is 14.9. The lowest BCUT2D eigenvalue weighted by molar-refractivity contribution is -0.130. The van der Waals surface area contributed by atoms with Gasteiger partial charge in [0.2, 0.25) is 5.91 Å². The number of hydrogen-bond acceptors (Lipinski definition) is 4. The number of carbonyl (C=O) groups excluding carboxylic acids is 1. The summed E-state index contributed by atoms with van der Waals surface area (Å²) in [5.74, 6) is 1.48. The summed E-state index contributed by atoms with van der Waals surface area (Å²) in [6.45, 7) is 7.23. The molecule has 0 saturated carbocycles. The van der Waals surface area contributed by atoms with E-state index in [0.29, 0.717) is 13.2 Å². The molecule has 0 aromatic rings. The molecule has 0 spiro atoms. The standard InChI is InChI=1S/C13H24N2O3S/c1-13(2,15-5-8-19(17)9-6-15)10-14-12(16)11-4-3-7-18-11/h11H,3-10H2,1-2H3,(H,14,16)/t11-/m1/s1. The third-order valence-corrected chi connectivity index (χ3v) is 5.23. The number of amides is 1. The van der Waals surface area contributed by atoms with Gasteiger partial charge in [0.25, 0.3) is 0 Å². The van der Waals surface area contributed by atoms with Crippen LogP contribution in [0.1, 0.15) is 26.7 Å². The lowest BCUT2D eigenvalue weighted by Crippen LogP contribution is -2.56. The van der Waals surface area contributed by atoms with Crippen LogP contribution >= 0.6 is 0 Å². The molecule has 2 fully saturated rings. The van der Waals surface area contributed by atoms with Crippen molar-refractivity contribution in [2.45, 2.75) is 38.3 Å². The van der Waals surface area contributed by atoms with Crippen molar-refractivity contribution in [1.29, 1.82) is 0 Å². The van der Waals surface area contributed by atoms with Crippen molar-refractivity contribution in [3.63, 3.8) is 0 Å². The largest absolute Gasteiger partial charge is 0.368 e. The smallest absolute Gasteiger partial charge is 0.249 e. The molecule has 2 heterocycles. The zero-order valence-electron chi connectivity index (χ0n) is 11.8. The number of nitrogens with one attached hydrogen (secondary N) is 1. The lowest BCUT2D eigenvalue weighted by atomic mass is 10.0. The first-order valence-corrected chi connectivity index (χ1v) is 8.47. The van der Waals surface area contributed by atoms with Gasteiger partial charge in [0, 0.05) is 54.1 Å². The van der Waals surface area contributed by atoms with Crippen LogP contribution in [-0.2, 0) is 20.3 Å². The SMILES string of the molecule is CC(C)(CNC(=O)[C@H]1CCCO1)N1CCS(=O)CC1. The van der Waals surface area contributed by atoms with E-state index in [-0.39, 0.29) is 17.6 Å². The van der Waals surface area contributed by atoms with Crippen LogP contribution in [0.2, 0.25) is 0 Å². The average molecular weight is 288 g/mol. The van der Waals surface area contributed by atoms with Crippen LogP contribution in [0.4, 0.5) is 0 Å². The van der Waals surface area contributed by atoms with Crippen LogP contribution in [0.25, 0.3) is 0 Å². The van der Waals surface area contributed by atoms with E-state index in [2.05, 4.69) is 24.1 Å². The van der Waals surface area contributed by atoms with Crippen LogP contribution in [0, 0.1) is 0 Å². The molecule has 1 amide bonds. The Morgan fingerprint density at radius 3 is 2.68 bits per heavy atom. The fraction of sp³-hybridized carbons (Fsp3) is 0.923. The molecule has 0 aliphatic carbocycles. The highest BCUT2D eigenvalue weighted by molar-refractivity contribution is 7.85. The second kappa shape index (κ2) is 6.33. The number of ether oxygens (including phenoxy) is 1. The molecule has 0 bridgehead atoms. The molecule has 5 nitrogen and oxygen atoms in total. The van der Waals surface area contributed by atoms with Crippen molar-refractivity contribution in [2.24, 2.45) is 0 Å². The van der Waals surface area contributed by atoms with Crippen LogP contribution in [0.15, 0.2) is 0 Å². The quantitative estimate of drug-likeness (QED) is 0.798. The zero-order chi connectivity index (χ0) is 13.9. The maximum Gasteiger partial charge on any atom is 0.249 e. The van der Waals surface area contributed by atoms with E-state index in [0.717, 1.165) is 37.4 Å². The van der Waals surface area contributed by atoms with Crippen molar-refractivity contribution < 1.29 is 13.7 Å². The fourth-order valence-corrected chi connectivity index (χ4v) is 3.61. The lowest BCUT2D eigenvalue weighted by Gasteiger charge is -2.40. The molecular weight excluding hydrogens is 264 g/mol. The van der Waals surface area contributed by atoms with Gasteiger partial charge in [-0.05, 0) is 26.7 Å². The molecule has 2 saturated heterocycles. The number of rotatable bonds is 4. The Bertz CT molecular complexity index is 344. The van der Waals surface area contributed by atoms with Crippen molar-refractivity contribution in [2.75, 3.05) is 37.7 Å². The predicted molar refractivity (Wildman–Crippen MR) is 75.5 cm³/mol. The fourth-order valence-electron chi connectivity index (χ4n) is 2.56. The highest BCUT2D eigenvalue weighted by Gasteiger charge is 2.31. The van der Waals surface area contributed by atoms with Gasteiger partial charge < -0.3 is 10.1 Å². The molecule has 2 aliphatic heterocycles. The van der Waals surface area contributed by atoms with Crippen LogP contribution in [0.5, 0.6) is 0 Å². The Balaban J connectivity index is 1.79. The molecule has 2 rings (SSSR count). The van der Waals surface area contributed by atoms with Gasteiger partial charge >= 0.3 is 0 Å². The molecule has 2 aliphatic rings. The Labute approximate surface area is 117 Å². The molecule has 110 valence electrons. The Kier molecular flexibility index (Phi) is 4.97. The molecule has 0 aromatic carbocycles. The minimum atomic E-state index is -0.659. The van der Waals surface area contributed by atoms with Gasteiger partial charge in [0.1, 0.15) is 6.10 Å². The number of nitrogens with zero attached hydrogens (tertiary/aromatic N) is 1. The zero-order valence-corrected chi connectivity index (χ0v) is 12.6. The highest BCUT2D eigenvalue weighted by atomic mass is 32.2. The highest BCUT2D eigenvalue weighted by Crippen LogP contribution is 2.17. The van der Waals surface area contributed by atoms with Crippen LogP contribution in [0.3, 0.4) is 0 Å². The summed E-state index contributed by atoms with van der Waals surface area (Å²) >= 11 is 0. The van der Waals surface area contributed by atoms with E-state index in [1.54, 1.807) is 0 Å². The summed E-state index contributed by atoms with van der Waals surface area (Å²) in [6, 6.07) is 0. The van der Waals surface area contributed by atoms with Crippen molar-refractivity contribution in [1.82, 2.24) is 10.2 Å². The summed E-state index contributed by atoms with van der Waals surface area (Å²) < 4.78 is 16.7. The summed E-state index contributed by atoms with van der Waals surface area (Å²) in [4.78, 5) is 14.2. The molecule has 6 heteroatoms. The summed E-state index contributed by atoms with van der Waals surface area (Å²) in [5.41, 5.74) is -0.0983. The van der Waals surface area contributed by atoms with E-state index in [4.69, 9.17) is 4.74 Å². The van der Waals surface area contributed by atoms with Crippen LogP contribution < -0.4 is 5.32 Å². The second-order valence-electron chi connectivity index (χ2n) is 5.87. The van der Waals surface area contributed by atoms with Crippen molar-refractivity contribution in [3.8, 4) is 0 Å². The first-order valence-electron chi connectivity index (χ1n) is 6.98. The van der Waals surface area contributed by atoms with E-state index >= 15 is 0 Å². The minimum Gasteiger partial charge on any atom is -0.368 e. The molecule has 0 radical (unpaired) electrons. The van der Waals surface area contributed by atoms with E-state index < -0.39 is 10.8 Å². The third kappa shape index (κ3) is 4.00. The normalized spacial score (nSPS) is 26.5. The van der Waals surface area contributed by atoms with E-state index in [1.165, 1.54) is 0 Å². The van der Waals surface area contributed by atoms with E-state index in [1.807, 2.05) is 0 Å². The van der Waals surface area contributed by atoms with E-state index in [9.17, 15) is 9.00 Å². The van der Waals surface area contributed by atoms with Crippen molar-refractivity contribution in [3.05, 3.63) is 0 Å². The van der Waals surface area contributed by atoms with Crippen molar-refractivity contribution >= 4 is 16.7 Å². The maximum atomic E-state index is 11.9. The molecule has 0 aromatic heterocycles. The summed E-state index contributed by atoms with van der Waals surface area (Å²) in [7, 11) is -0.659. The molecule has 19 heavy (non-hydrogen) atoms. The minimum absolute atomic E-state index is 0.00570. The van der Waals surface area contributed by atoms with Gasteiger partial charge in [-0.2, -0.15) is 0 Å². The van der Waals surface area contributed by atoms with Gasteiger partial charge in [-0.1, -0.05) is 0 Å². The third-order valence-electron chi connectivity index (χ3n) is 3.95. The number of carbonyl (C=O) groups is 1. The monoisotopic (exact) mass is 288 g/mol.